The van der Waals surface area contributed by atoms with Crippen molar-refractivity contribution in [2.75, 3.05) is 6.54 Å². The van der Waals surface area contributed by atoms with Gasteiger partial charge in [-0.1, -0.05) is 20.3 Å². The summed E-state index contributed by atoms with van der Waals surface area (Å²) in [6.07, 6.45) is 10.8. The summed E-state index contributed by atoms with van der Waals surface area (Å²) in [6, 6.07) is 0. The molecule has 1 aliphatic rings. The number of rotatable bonds is 6. The average molecular weight is 249 g/mol. The molecule has 1 aromatic rings. The minimum atomic E-state index is 0.300. The topological polar surface area (TPSA) is 43.8 Å². The van der Waals surface area contributed by atoms with Crippen LogP contribution >= 0.6 is 0 Å². The van der Waals surface area contributed by atoms with Crippen LogP contribution in [0.25, 0.3) is 0 Å². The second kappa shape index (κ2) is 5.87. The third-order valence-corrected chi connectivity index (χ3v) is 4.17. The monoisotopic (exact) mass is 249 g/mol. The van der Waals surface area contributed by atoms with E-state index in [2.05, 4.69) is 23.4 Å². The van der Waals surface area contributed by atoms with Crippen LogP contribution in [0.4, 0.5) is 0 Å². The number of imidazole rings is 1. The Morgan fingerprint density at radius 2 is 2.06 bits per heavy atom. The van der Waals surface area contributed by atoms with Crippen molar-refractivity contribution in [3.63, 3.8) is 0 Å². The Kier molecular flexibility index (Phi) is 4.44. The van der Waals surface area contributed by atoms with Gasteiger partial charge >= 0.3 is 0 Å². The van der Waals surface area contributed by atoms with E-state index in [0.717, 1.165) is 13.1 Å². The summed E-state index contributed by atoms with van der Waals surface area (Å²) < 4.78 is 2.38. The Balaban J connectivity index is 1.79. The lowest BCUT2D eigenvalue weighted by atomic mass is 9.87. The number of hydrogen-bond acceptors (Lipinski definition) is 2. The first-order valence-corrected chi connectivity index (χ1v) is 7.35. The van der Waals surface area contributed by atoms with E-state index in [4.69, 9.17) is 5.73 Å². The van der Waals surface area contributed by atoms with E-state index < -0.39 is 0 Å². The molecule has 1 heterocycles. The molecule has 0 bridgehead atoms. The fraction of sp³-hybridized carbons (Fsp3) is 0.800. The molecule has 0 radical (unpaired) electrons. The van der Waals surface area contributed by atoms with Gasteiger partial charge in [0.25, 0.3) is 0 Å². The van der Waals surface area contributed by atoms with E-state index in [1.807, 2.05) is 6.33 Å². The maximum Gasteiger partial charge on any atom is 0.0951 e. The molecule has 0 fully saturated rings. The number of nitrogens with zero attached hydrogens (tertiary/aromatic N) is 2. The van der Waals surface area contributed by atoms with Gasteiger partial charge in [-0.25, -0.2) is 4.98 Å². The molecule has 0 aliphatic heterocycles. The van der Waals surface area contributed by atoms with E-state index in [1.54, 1.807) is 0 Å². The van der Waals surface area contributed by atoms with Crippen molar-refractivity contribution in [3.05, 3.63) is 17.7 Å². The lowest BCUT2D eigenvalue weighted by Gasteiger charge is -2.22. The first kappa shape index (κ1) is 13.6. The molecule has 0 unspecified atom stereocenters. The van der Waals surface area contributed by atoms with Gasteiger partial charge in [-0.2, -0.15) is 0 Å². The number of unbranched alkanes of at least 4 members (excludes halogenated alkanes) is 1. The summed E-state index contributed by atoms with van der Waals surface area (Å²) in [5, 5.41) is 0. The van der Waals surface area contributed by atoms with E-state index in [0.29, 0.717) is 5.41 Å². The van der Waals surface area contributed by atoms with Gasteiger partial charge in [-0.05, 0) is 50.5 Å². The second-order valence-corrected chi connectivity index (χ2v) is 6.36. The Labute approximate surface area is 111 Å². The van der Waals surface area contributed by atoms with Crippen LogP contribution in [-0.4, -0.2) is 16.1 Å². The summed E-state index contributed by atoms with van der Waals surface area (Å²) in [6.45, 7) is 6.43. The maximum absolute atomic E-state index is 5.76. The Morgan fingerprint density at radius 3 is 2.83 bits per heavy atom. The molecule has 0 atom stereocenters. The number of aryl methyl sites for hydroxylation is 2. The summed E-state index contributed by atoms with van der Waals surface area (Å²) in [5.74, 6) is 0. The molecule has 102 valence electrons. The molecule has 1 aliphatic carbocycles. The van der Waals surface area contributed by atoms with Crippen LogP contribution in [0.15, 0.2) is 6.33 Å². The van der Waals surface area contributed by atoms with Crippen LogP contribution in [0.3, 0.4) is 0 Å². The Morgan fingerprint density at radius 1 is 1.28 bits per heavy atom. The quantitative estimate of drug-likeness (QED) is 0.788. The first-order chi connectivity index (χ1) is 8.62. The average Bonchev–Trinajstić information content (AvgIpc) is 2.78. The highest BCUT2D eigenvalue weighted by Gasteiger charge is 2.16. The second-order valence-electron chi connectivity index (χ2n) is 6.36. The summed E-state index contributed by atoms with van der Waals surface area (Å²) in [7, 11) is 0. The van der Waals surface area contributed by atoms with Crippen molar-refractivity contribution in [3.8, 4) is 0 Å². The molecule has 0 amide bonds. The number of nitrogens with two attached hydrogens (primary N) is 1. The Hall–Kier alpha value is -0.830. The van der Waals surface area contributed by atoms with Gasteiger partial charge in [-0.3, -0.25) is 0 Å². The third kappa shape index (κ3) is 3.35. The molecular weight excluding hydrogens is 222 g/mol. The standard InChI is InChI=1S/C15H27N3/c1-15(2,11-16)9-5-6-10-18-12-17-13-7-3-4-8-14(13)18/h12H,3-11,16H2,1-2H3. The molecule has 3 nitrogen and oxygen atoms in total. The molecule has 1 aromatic heterocycles. The molecule has 18 heavy (non-hydrogen) atoms. The van der Waals surface area contributed by atoms with Crippen molar-refractivity contribution in [2.45, 2.75) is 65.3 Å². The lowest BCUT2D eigenvalue weighted by Crippen LogP contribution is -2.23. The minimum Gasteiger partial charge on any atom is -0.334 e. The van der Waals surface area contributed by atoms with E-state index in [-0.39, 0.29) is 0 Å². The van der Waals surface area contributed by atoms with Crippen molar-refractivity contribution >= 4 is 0 Å². The lowest BCUT2D eigenvalue weighted by molar-refractivity contribution is 0.328. The fourth-order valence-electron chi connectivity index (χ4n) is 2.71. The number of fused-ring (bicyclic) bond motifs is 1. The van der Waals surface area contributed by atoms with Crippen LogP contribution in [0.5, 0.6) is 0 Å². The maximum atomic E-state index is 5.76. The minimum absolute atomic E-state index is 0.300. The molecule has 0 saturated heterocycles. The molecule has 2 rings (SSSR count). The van der Waals surface area contributed by atoms with Gasteiger partial charge in [0.15, 0.2) is 0 Å². The predicted molar refractivity (Wildman–Crippen MR) is 75.6 cm³/mol. The van der Waals surface area contributed by atoms with Gasteiger partial charge in [0.2, 0.25) is 0 Å². The highest BCUT2D eigenvalue weighted by molar-refractivity contribution is 5.16. The van der Waals surface area contributed by atoms with Crippen LogP contribution in [0.2, 0.25) is 0 Å². The van der Waals surface area contributed by atoms with Gasteiger partial charge < -0.3 is 10.3 Å². The van der Waals surface area contributed by atoms with E-state index in [9.17, 15) is 0 Å². The van der Waals surface area contributed by atoms with Crippen molar-refractivity contribution in [1.29, 1.82) is 0 Å². The first-order valence-electron chi connectivity index (χ1n) is 7.35. The SMILES string of the molecule is CC(C)(CN)CCCCn1cnc2c1CCCC2. The zero-order valence-corrected chi connectivity index (χ0v) is 11.9. The molecular formula is C15H27N3. The number of aromatic nitrogens is 2. The molecule has 2 N–H and O–H groups in total. The van der Waals surface area contributed by atoms with Gasteiger partial charge in [-0.15, -0.1) is 0 Å². The molecule has 3 heteroatoms. The van der Waals surface area contributed by atoms with Crippen LogP contribution in [-0.2, 0) is 19.4 Å². The summed E-state index contributed by atoms with van der Waals surface area (Å²) in [4.78, 5) is 4.54. The highest BCUT2D eigenvalue weighted by Crippen LogP contribution is 2.23. The molecule has 0 saturated carbocycles. The van der Waals surface area contributed by atoms with E-state index in [1.165, 1.54) is 56.3 Å². The van der Waals surface area contributed by atoms with Crippen molar-refractivity contribution in [2.24, 2.45) is 11.1 Å². The zero-order valence-electron chi connectivity index (χ0n) is 11.9. The number of hydrogen-bond donors (Lipinski definition) is 1. The van der Waals surface area contributed by atoms with Gasteiger partial charge in [0.05, 0.1) is 12.0 Å². The molecule has 0 spiro atoms. The van der Waals surface area contributed by atoms with Gasteiger partial charge in [0, 0.05) is 12.2 Å². The Bertz CT molecular complexity index is 379. The zero-order chi connectivity index (χ0) is 13.0. The van der Waals surface area contributed by atoms with Gasteiger partial charge in [0.1, 0.15) is 0 Å². The fourth-order valence-corrected chi connectivity index (χ4v) is 2.71. The van der Waals surface area contributed by atoms with Crippen molar-refractivity contribution in [1.82, 2.24) is 9.55 Å². The van der Waals surface area contributed by atoms with Crippen molar-refractivity contribution < 1.29 is 0 Å². The predicted octanol–water partition coefficient (Wildman–Crippen LogP) is 2.92. The summed E-state index contributed by atoms with van der Waals surface area (Å²) >= 11 is 0. The van der Waals surface area contributed by atoms with Crippen LogP contribution in [0, 0.1) is 5.41 Å². The summed E-state index contributed by atoms with van der Waals surface area (Å²) in [5.41, 5.74) is 8.91. The normalized spacial score (nSPS) is 15.7. The van der Waals surface area contributed by atoms with E-state index >= 15 is 0 Å². The van der Waals surface area contributed by atoms with Crippen LogP contribution in [0.1, 0.15) is 57.3 Å². The highest BCUT2D eigenvalue weighted by atomic mass is 15.1. The third-order valence-electron chi connectivity index (χ3n) is 4.17. The largest absolute Gasteiger partial charge is 0.334 e. The molecule has 0 aromatic carbocycles. The van der Waals surface area contributed by atoms with Crippen LogP contribution < -0.4 is 5.73 Å². The smallest absolute Gasteiger partial charge is 0.0951 e.